The predicted octanol–water partition coefficient (Wildman–Crippen LogP) is 5.15. The molecule has 0 amide bonds. The Morgan fingerprint density at radius 3 is 2.00 bits per heavy atom. The van der Waals surface area contributed by atoms with Crippen LogP contribution in [0.4, 0.5) is 0 Å². The van der Waals surface area contributed by atoms with E-state index < -0.39 is 54.4 Å². The van der Waals surface area contributed by atoms with Gasteiger partial charge in [-0.1, -0.05) is 42.8 Å². The lowest BCUT2D eigenvalue weighted by Gasteiger charge is -2.44. The fourth-order valence-corrected chi connectivity index (χ4v) is 6.90. The second-order valence-electron chi connectivity index (χ2n) is 12.2. The van der Waals surface area contributed by atoms with Crippen LogP contribution in [0.3, 0.4) is 0 Å². The molecule has 2 aromatic rings. The Kier molecular flexibility index (Phi) is 10.0. The average molecular weight is 643 g/mol. The van der Waals surface area contributed by atoms with Gasteiger partial charge in [-0.25, -0.2) is 0 Å². The lowest BCUT2D eigenvalue weighted by atomic mass is 9.89. The Bertz CT molecular complexity index is 1410. The monoisotopic (exact) mass is 642 g/mol. The number of esters is 4. The van der Waals surface area contributed by atoms with Crippen molar-refractivity contribution in [3.05, 3.63) is 64.2 Å². The minimum atomic E-state index is -1.25. The normalized spacial score (nSPS) is 30.0. The second kappa shape index (κ2) is 13.8. The van der Waals surface area contributed by atoms with Crippen LogP contribution in [0.25, 0.3) is 0 Å². The summed E-state index contributed by atoms with van der Waals surface area (Å²) in [6, 6.07) is 13.2. The number of halogens is 1. The summed E-state index contributed by atoms with van der Waals surface area (Å²) >= 11 is 6.64. The van der Waals surface area contributed by atoms with Crippen LogP contribution in [-0.4, -0.2) is 61.0 Å². The van der Waals surface area contributed by atoms with Gasteiger partial charge in [0.1, 0.15) is 24.6 Å². The highest BCUT2D eigenvalue weighted by Gasteiger charge is 2.54. The Hall–Kier alpha value is -3.63. The fraction of sp³-hybridized carbons (Fsp3) is 0.529. The summed E-state index contributed by atoms with van der Waals surface area (Å²) in [6.45, 7) is 6.83. The van der Waals surface area contributed by atoms with Crippen molar-refractivity contribution in [1.29, 1.82) is 0 Å². The first-order valence-corrected chi connectivity index (χ1v) is 15.6. The molecular formula is C34H39ClO10. The van der Waals surface area contributed by atoms with Crippen molar-refractivity contribution >= 4 is 35.5 Å². The van der Waals surface area contributed by atoms with Gasteiger partial charge in [0.05, 0.1) is 6.10 Å². The molecule has 3 fully saturated rings. The molecule has 2 unspecified atom stereocenters. The quantitative estimate of drug-likeness (QED) is 0.254. The van der Waals surface area contributed by atoms with E-state index in [1.54, 1.807) is 12.1 Å². The van der Waals surface area contributed by atoms with Gasteiger partial charge in [0.2, 0.25) is 0 Å². The maximum Gasteiger partial charge on any atom is 0.303 e. The lowest BCUT2D eigenvalue weighted by Crippen LogP contribution is -2.59. The van der Waals surface area contributed by atoms with Crippen LogP contribution in [-0.2, 0) is 49.3 Å². The standard InChI is InChI=1S/C34H39ClO10/c1-17-27-14-26(15-28(17)27)44-25-9-6-22(7-10-25)12-24-13-23(8-11-29(24)35)31-33(42-20(4)38)34(43-21(5)39)32(41-19(3)37)30(45-31)16-40-18(2)36/h6-11,13,17,26-28,30-34H,12,14-16H2,1-5H3/t17?,26?,27?,28?,30-,31-,32-,33+,34+/m1/s1. The number of carbonyl (C=O) groups excluding carboxylic acids is 4. The van der Waals surface area contributed by atoms with Crippen molar-refractivity contribution in [3.63, 3.8) is 0 Å². The van der Waals surface area contributed by atoms with Gasteiger partial charge in [-0.15, -0.1) is 0 Å². The van der Waals surface area contributed by atoms with Crippen molar-refractivity contribution in [3.8, 4) is 5.75 Å². The summed E-state index contributed by atoms with van der Waals surface area (Å²) in [4.78, 5) is 48.1. The largest absolute Gasteiger partial charge is 0.490 e. The fourth-order valence-electron chi connectivity index (χ4n) is 6.72. The lowest BCUT2D eigenvalue weighted by molar-refractivity contribution is -0.254. The van der Waals surface area contributed by atoms with Gasteiger partial charge in [0, 0.05) is 32.7 Å². The zero-order valence-electron chi connectivity index (χ0n) is 26.0. The van der Waals surface area contributed by atoms with Gasteiger partial charge in [-0.3, -0.25) is 19.2 Å². The topological polar surface area (TPSA) is 124 Å². The molecule has 45 heavy (non-hydrogen) atoms. The van der Waals surface area contributed by atoms with Gasteiger partial charge in [-0.05, 0) is 71.9 Å². The molecule has 7 atom stereocenters. The maximum absolute atomic E-state index is 12.2. The van der Waals surface area contributed by atoms with Crippen molar-refractivity contribution in [1.82, 2.24) is 0 Å². The van der Waals surface area contributed by atoms with Crippen LogP contribution in [0.1, 0.15) is 70.3 Å². The third kappa shape index (κ3) is 7.97. The van der Waals surface area contributed by atoms with E-state index in [2.05, 4.69) is 6.92 Å². The van der Waals surface area contributed by atoms with Gasteiger partial charge < -0.3 is 28.4 Å². The predicted molar refractivity (Wildman–Crippen MR) is 161 cm³/mol. The van der Waals surface area contributed by atoms with Crippen molar-refractivity contribution in [2.75, 3.05) is 6.61 Å². The molecule has 2 aliphatic carbocycles. The SMILES string of the molecule is CC(=O)OC[C@H]1O[C@H](c2ccc(Cl)c(Cc3ccc(OC4CC5C(C)C5C4)cc3)c2)[C@H](OC(C)=O)[C@@H](OC(C)=O)[C@@H]1OC(C)=O. The summed E-state index contributed by atoms with van der Waals surface area (Å²) < 4.78 is 34.4. The van der Waals surface area contributed by atoms with E-state index in [4.69, 9.17) is 40.0 Å². The third-order valence-electron chi connectivity index (χ3n) is 8.84. The average Bonchev–Trinajstić information content (AvgIpc) is 3.34. The molecule has 0 aromatic heterocycles. The number of fused-ring (bicyclic) bond motifs is 1. The van der Waals surface area contributed by atoms with Crippen LogP contribution < -0.4 is 4.74 Å². The van der Waals surface area contributed by atoms with E-state index in [9.17, 15) is 19.2 Å². The number of hydrogen-bond donors (Lipinski definition) is 0. The van der Waals surface area contributed by atoms with Gasteiger partial charge in [-0.2, -0.15) is 0 Å². The smallest absolute Gasteiger partial charge is 0.303 e. The van der Waals surface area contributed by atoms with E-state index in [1.165, 1.54) is 27.7 Å². The molecule has 2 saturated carbocycles. The van der Waals surface area contributed by atoms with Crippen LogP contribution in [0.5, 0.6) is 5.75 Å². The maximum atomic E-state index is 12.2. The van der Waals surface area contributed by atoms with Crippen LogP contribution in [0, 0.1) is 17.8 Å². The summed E-state index contributed by atoms with van der Waals surface area (Å²) in [6.07, 6.45) is -2.70. The van der Waals surface area contributed by atoms with Gasteiger partial charge >= 0.3 is 23.9 Å². The molecule has 1 aliphatic heterocycles. The molecule has 0 bridgehead atoms. The molecule has 0 N–H and O–H groups in total. The zero-order chi connectivity index (χ0) is 32.4. The highest BCUT2D eigenvalue weighted by Crippen LogP contribution is 2.57. The van der Waals surface area contributed by atoms with E-state index in [-0.39, 0.29) is 12.7 Å². The van der Waals surface area contributed by atoms with Crippen molar-refractivity contribution < 1.29 is 47.6 Å². The Balaban J connectivity index is 1.39. The minimum Gasteiger partial charge on any atom is -0.490 e. The van der Waals surface area contributed by atoms with E-state index in [0.29, 0.717) is 17.0 Å². The molecule has 242 valence electrons. The number of carbonyl (C=O) groups is 4. The molecule has 11 heteroatoms. The Morgan fingerprint density at radius 1 is 0.800 bits per heavy atom. The number of benzene rings is 2. The first-order valence-electron chi connectivity index (χ1n) is 15.2. The first-order chi connectivity index (χ1) is 21.4. The summed E-state index contributed by atoms with van der Waals surface area (Å²) in [7, 11) is 0. The van der Waals surface area contributed by atoms with Crippen molar-refractivity contribution in [2.45, 2.75) is 90.5 Å². The van der Waals surface area contributed by atoms with E-state index in [1.807, 2.05) is 30.3 Å². The molecule has 0 radical (unpaired) electrons. The van der Waals surface area contributed by atoms with Crippen LogP contribution >= 0.6 is 11.6 Å². The molecule has 2 aromatic carbocycles. The highest BCUT2D eigenvalue weighted by atomic mass is 35.5. The molecule has 0 spiro atoms. The number of ether oxygens (including phenoxy) is 6. The summed E-state index contributed by atoms with van der Waals surface area (Å²) in [5, 5.41) is 0.518. The van der Waals surface area contributed by atoms with Crippen LogP contribution in [0.2, 0.25) is 5.02 Å². The summed E-state index contributed by atoms with van der Waals surface area (Å²) in [5.74, 6) is 0.678. The van der Waals surface area contributed by atoms with E-state index >= 15 is 0 Å². The first kappa shape index (κ1) is 32.8. The molecular weight excluding hydrogens is 604 g/mol. The zero-order valence-corrected chi connectivity index (χ0v) is 26.8. The minimum absolute atomic E-state index is 0.273. The molecule has 10 nitrogen and oxygen atoms in total. The van der Waals surface area contributed by atoms with Crippen molar-refractivity contribution in [2.24, 2.45) is 17.8 Å². The molecule has 3 aliphatic rings. The molecule has 5 rings (SSSR count). The van der Waals surface area contributed by atoms with Gasteiger partial charge in [0.15, 0.2) is 18.3 Å². The Morgan fingerprint density at radius 2 is 1.40 bits per heavy atom. The Labute approximate surface area is 267 Å². The number of hydrogen-bond acceptors (Lipinski definition) is 10. The number of rotatable bonds is 10. The highest BCUT2D eigenvalue weighted by molar-refractivity contribution is 6.31. The molecule has 1 heterocycles. The van der Waals surface area contributed by atoms with Crippen LogP contribution in [0.15, 0.2) is 42.5 Å². The van der Waals surface area contributed by atoms with E-state index in [0.717, 1.165) is 47.5 Å². The molecule has 1 saturated heterocycles. The second-order valence-corrected chi connectivity index (χ2v) is 12.6. The summed E-state index contributed by atoms with van der Waals surface area (Å²) in [5.41, 5.74) is 2.35. The third-order valence-corrected chi connectivity index (χ3v) is 9.21. The van der Waals surface area contributed by atoms with Gasteiger partial charge in [0.25, 0.3) is 0 Å².